The third-order valence-corrected chi connectivity index (χ3v) is 3.20. The lowest BCUT2D eigenvalue weighted by molar-refractivity contribution is -0.124. The number of carbonyl (C=O) groups is 1. The molecular formula is C15H24N2O2. The molecule has 0 bridgehead atoms. The highest BCUT2D eigenvalue weighted by molar-refractivity contribution is 5.78. The van der Waals surface area contributed by atoms with Crippen LogP contribution in [-0.2, 0) is 11.2 Å². The standard InChI is InChI=1S/C15H24N2O2/c1-5-11-7-8-13(12(16)9-11)19-10-14(18)17-15(3,4)6-2/h7-9H,5-6,10,16H2,1-4H3,(H,17,18). The molecule has 1 rings (SSSR count). The summed E-state index contributed by atoms with van der Waals surface area (Å²) in [6.45, 7) is 8.04. The van der Waals surface area contributed by atoms with Crippen LogP contribution in [0.4, 0.5) is 5.69 Å². The lowest BCUT2D eigenvalue weighted by atomic mass is 10.0. The van der Waals surface area contributed by atoms with E-state index in [0.717, 1.165) is 18.4 Å². The number of nitrogen functional groups attached to an aromatic ring is 1. The molecule has 106 valence electrons. The fourth-order valence-corrected chi connectivity index (χ4v) is 1.59. The molecule has 0 fully saturated rings. The van der Waals surface area contributed by atoms with E-state index < -0.39 is 0 Å². The molecule has 19 heavy (non-hydrogen) atoms. The Bertz CT molecular complexity index is 442. The first kappa shape index (κ1) is 15.3. The number of benzene rings is 1. The van der Waals surface area contributed by atoms with Crippen molar-refractivity contribution in [2.24, 2.45) is 0 Å². The minimum Gasteiger partial charge on any atom is -0.482 e. The van der Waals surface area contributed by atoms with Crippen molar-refractivity contribution in [3.8, 4) is 5.75 Å². The third kappa shape index (κ3) is 4.81. The summed E-state index contributed by atoms with van der Waals surface area (Å²) >= 11 is 0. The molecule has 0 aliphatic carbocycles. The van der Waals surface area contributed by atoms with Crippen LogP contribution in [0.5, 0.6) is 5.75 Å². The Labute approximate surface area is 115 Å². The molecule has 0 atom stereocenters. The zero-order chi connectivity index (χ0) is 14.5. The highest BCUT2D eigenvalue weighted by Gasteiger charge is 2.18. The fourth-order valence-electron chi connectivity index (χ4n) is 1.59. The van der Waals surface area contributed by atoms with Crippen LogP contribution in [0.1, 0.15) is 39.7 Å². The van der Waals surface area contributed by atoms with E-state index >= 15 is 0 Å². The smallest absolute Gasteiger partial charge is 0.258 e. The second-order valence-corrected chi connectivity index (χ2v) is 5.30. The zero-order valence-electron chi connectivity index (χ0n) is 12.2. The Balaban J connectivity index is 2.55. The van der Waals surface area contributed by atoms with Gasteiger partial charge in [0, 0.05) is 5.54 Å². The number of hydrogen-bond acceptors (Lipinski definition) is 3. The Morgan fingerprint density at radius 2 is 2.05 bits per heavy atom. The third-order valence-electron chi connectivity index (χ3n) is 3.20. The summed E-state index contributed by atoms with van der Waals surface area (Å²) in [5, 5.41) is 2.91. The van der Waals surface area contributed by atoms with Crippen LogP contribution < -0.4 is 15.8 Å². The average Bonchev–Trinajstić information content (AvgIpc) is 2.36. The minimum atomic E-state index is -0.210. The van der Waals surface area contributed by atoms with E-state index in [0.29, 0.717) is 11.4 Å². The van der Waals surface area contributed by atoms with Gasteiger partial charge in [-0.05, 0) is 44.4 Å². The molecule has 0 saturated heterocycles. The number of nitrogens with two attached hydrogens (primary N) is 1. The first-order chi connectivity index (χ1) is 8.88. The molecule has 0 radical (unpaired) electrons. The maximum Gasteiger partial charge on any atom is 0.258 e. The average molecular weight is 264 g/mol. The molecule has 0 aliphatic rings. The number of nitrogens with one attached hydrogen (secondary N) is 1. The molecule has 0 aromatic heterocycles. The Hall–Kier alpha value is -1.71. The van der Waals surface area contributed by atoms with E-state index in [9.17, 15) is 4.79 Å². The number of amides is 1. The van der Waals surface area contributed by atoms with Gasteiger partial charge in [-0.25, -0.2) is 0 Å². The minimum absolute atomic E-state index is 0.0148. The summed E-state index contributed by atoms with van der Waals surface area (Å²) in [4.78, 5) is 11.7. The fraction of sp³-hybridized carbons (Fsp3) is 0.533. The van der Waals surface area contributed by atoms with E-state index in [1.165, 1.54) is 0 Å². The van der Waals surface area contributed by atoms with Crippen LogP contribution >= 0.6 is 0 Å². The van der Waals surface area contributed by atoms with Gasteiger partial charge in [0.05, 0.1) is 5.69 Å². The molecular weight excluding hydrogens is 240 g/mol. The van der Waals surface area contributed by atoms with E-state index in [-0.39, 0.29) is 18.1 Å². The van der Waals surface area contributed by atoms with Crippen LogP contribution in [0.15, 0.2) is 18.2 Å². The maximum absolute atomic E-state index is 11.7. The molecule has 0 spiro atoms. The summed E-state index contributed by atoms with van der Waals surface area (Å²) in [6, 6.07) is 5.65. The summed E-state index contributed by atoms with van der Waals surface area (Å²) in [5.41, 5.74) is 7.39. The van der Waals surface area contributed by atoms with Gasteiger partial charge in [-0.15, -0.1) is 0 Å². The van der Waals surface area contributed by atoms with Crippen LogP contribution in [0.25, 0.3) is 0 Å². The molecule has 1 aromatic rings. The number of rotatable bonds is 6. The van der Waals surface area contributed by atoms with Crippen molar-refractivity contribution in [1.29, 1.82) is 0 Å². The van der Waals surface area contributed by atoms with Gasteiger partial charge in [0.15, 0.2) is 6.61 Å². The van der Waals surface area contributed by atoms with Crippen LogP contribution in [0.2, 0.25) is 0 Å². The Morgan fingerprint density at radius 3 is 2.58 bits per heavy atom. The lowest BCUT2D eigenvalue weighted by Crippen LogP contribution is -2.44. The number of anilines is 1. The van der Waals surface area contributed by atoms with Crippen molar-refractivity contribution in [1.82, 2.24) is 5.32 Å². The van der Waals surface area contributed by atoms with E-state index in [4.69, 9.17) is 10.5 Å². The molecule has 0 aliphatic heterocycles. The van der Waals surface area contributed by atoms with Crippen molar-refractivity contribution >= 4 is 11.6 Å². The van der Waals surface area contributed by atoms with Crippen molar-refractivity contribution in [2.75, 3.05) is 12.3 Å². The molecule has 0 saturated carbocycles. The molecule has 0 unspecified atom stereocenters. The zero-order valence-corrected chi connectivity index (χ0v) is 12.2. The molecule has 4 heteroatoms. The van der Waals surface area contributed by atoms with Gasteiger partial charge in [0.2, 0.25) is 0 Å². The van der Waals surface area contributed by atoms with Crippen molar-refractivity contribution in [2.45, 2.75) is 46.1 Å². The first-order valence-corrected chi connectivity index (χ1v) is 6.70. The maximum atomic E-state index is 11.7. The van der Waals surface area contributed by atoms with Gasteiger partial charge >= 0.3 is 0 Å². The number of ether oxygens (including phenoxy) is 1. The van der Waals surface area contributed by atoms with Gasteiger partial charge in [-0.2, -0.15) is 0 Å². The summed E-state index contributed by atoms with van der Waals surface area (Å²) < 4.78 is 5.45. The molecule has 4 nitrogen and oxygen atoms in total. The highest BCUT2D eigenvalue weighted by atomic mass is 16.5. The largest absolute Gasteiger partial charge is 0.482 e. The molecule has 3 N–H and O–H groups in total. The summed E-state index contributed by atoms with van der Waals surface area (Å²) in [7, 11) is 0. The first-order valence-electron chi connectivity index (χ1n) is 6.70. The lowest BCUT2D eigenvalue weighted by Gasteiger charge is -2.24. The number of aryl methyl sites for hydroxylation is 1. The van der Waals surface area contributed by atoms with Crippen LogP contribution in [-0.4, -0.2) is 18.1 Å². The van der Waals surface area contributed by atoms with Crippen LogP contribution in [0, 0.1) is 0 Å². The molecule has 1 amide bonds. The monoisotopic (exact) mass is 264 g/mol. The predicted molar refractivity (Wildman–Crippen MR) is 78.2 cm³/mol. The number of hydrogen-bond donors (Lipinski definition) is 2. The number of carbonyl (C=O) groups excluding carboxylic acids is 1. The topological polar surface area (TPSA) is 64.3 Å². The Kier molecular flexibility index (Phi) is 5.21. The summed E-state index contributed by atoms with van der Waals surface area (Å²) in [6.07, 6.45) is 1.79. The SMILES string of the molecule is CCc1ccc(OCC(=O)NC(C)(C)CC)c(N)c1. The van der Waals surface area contributed by atoms with E-state index in [1.54, 1.807) is 0 Å². The second-order valence-electron chi connectivity index (χ2n) is 5.30. The normalized spacial score (nSPS) is 11.2. The van der Waals surface area contributed by atoms with Gasteiger partial charge < -0.3 is 15.8 Å². The van der Waals surface area contributed by atoms with Crippen molar-refractivity contribution in [3.63, 3.8) is 0 Å². The molecule has 0 heterocycles. The van der Waals surface area contributed by atoms with Gasteiger partial charge in [0.25, 0.3) is 5.91 Å². The van der Waals surface area contributed by atoms with Gasteiger partial charge in [0.1, 0.15) is 5.75 Å². The second kappa shape index (κ2) is 6.45. The molecule has 1 aromatic carbocycles. The van der Waals surface area contributed by atoms with E-state index in [2.05, 4.69) is 12.2 Å². The van der Waals surface area contributed by atoms with Crippen LogP contribution in [0.3, 0.4) is 0 Å². The van der Waals surface area contributed by atoms with Crippen molar-refractivity contribution in [3.05, 3.63) is 23.8 Å². The summed E-state index contributed by atoms with van der Waals surface area (Å²) in [5.74, 6) is 0.424. The predicted octanol–water partition coefficient (Wildman–Crippen LogP) is 2.51. The Morgan fingerprint density at radius 1 is 1.37 bits per heavy atom. The van der Waals surface area contributed by atoms with Gasteiger partial charge in [-0.3, -0.25) is 4.79 Å². The quantitative estimate of drug-likeness (QED) is 0.776. The van der Waals surface area contributed by atoms with E-state index in [1.807, 2.05) is 39.0 Å². The van der Waals surface area contributed by atoms with Crippen molar-refractivity contribution < 1.29 is 9.53 Å². The highest BCUT2D eigenvalue weighted by Crippen LogP contribution is 2.22. The van der Waals surface area contributed by atoms with Gasteiger partial charge in [-0.1, -0.05) is 19.9 Å².